The first-order valence-corrected chi connectivity index (χ1v) is 20.5. The Morgan fingerprint density at radius 2 is 1.71 bits per heavy atom. The maximum absolute atomic E-state index is 6.38. The predicted molar refractivity (Wildman–Crippen MR) is 210 cm³/mol. The van der Waals surface area contributed by atoms with Gasteiger partial charge in [0.1, 0.15) is 11.5 Å². The highest BCUT2D eigenvalue weighted by molar-refractivity contribution is 5.56. The van der Waals surface area contributed by atoms with E-state index in [4.69, 9.17) is 4.42 Å². The van der Waals surface area contributed by atoms with Gasteiger partial charge in [0.25, 0.3) is 0 Å². The first kappa shape index (κ1) is 31.7. The van der Waals surface area contributed by atoms with Crippen molar-refractivity contribution in [3.63, 3.8) is 0 Å². The monoisotopic (exact) mass is 674 g/mol. The van der Waals surface area contributed by atoms with Crippen LogP contribution in [0.3, 0.4) is 0 Å². The normalized spacial score (nSPS) is 32.3. The van der Waals surface area contributed by atoms with Gasteiger partial charge in [-0.05, 0) is 142 Å². The summed E-state index contributed by atoms with van der Waals surface area (Å²) in [6, 6.07) is 1.56. The third-order valence-corrected chi connectivity index (χ3v) is 13.7. The van der Waals surface area contributed by atoms with Gasteiger partial charge in [0.15, 0.2) is 0 Å². The number of nitrogens with one attached hydrogen (secondary N) is 1. The zero-order valence-corrected chi connectivity index (χ0v) is 30.3. The van der Waals surface area contributed by atoms with Gasteiger partial charge in [-0.25, -0.2) is 0 Å². The minimum atomic E-state index is 0.390. The number of aryl methyl sites for hydroxylation is 1. The fourth-order valence-electron chi connectivity index (χ4n) is 11.2. The van der Waals surface area contributed by atoms with Crippen LogP contribution >= 0.6 is 0 Å². The molecule has 51 heavy (non-hydrogen) atoms. The van der Waals surface area contributed by atoms with E-state index in [0.717, 1.165) is 50.7 Å². The van der Waals surface area contributed by atoms with Crippen molar-refractivity contribution < 1.29 is 4.42 Å². The van der Waals surface area contributed by atoms with E-state index in [1.807, 2.05) is 0 Å². The molecule has 10 rings (SSSR count). The van der Waals surface area contributed by atoms with Crippen LogP contribution in [0.5, 0.6) is 0 Å². The van der Waals surface area contributed by atoms with Crippen molar-refractivity contribution in [1.82, 2.24) is 10.2 Å². The summed E-state index contributed by atoms with van der Waals surface area (Å²) in [5.74, 6) is 4.18. The van der Waals surface area contributed by atoms with Gasteiger partial charge in [-0.1, -0.05) is 84.6 Å². The topological polar surface area (TPSA) is 28.4 Å². The number of rotatable bonds is 6. The van der Waals surface area contributed by atoms with Crippen LogP contribution in [0.15, 0.2) is 129 Å². The van der Waals surface area contributed by atoms with E-state index >= 15 is 0 Å². The molecule has 1 aromatic heterocycles. The van der Waals surface area contributed by atoms with E-state index < -0.39 is 0 Å². The van der Waals surface area contributed by atoms with Crippen LogP contribution in [0.25, 0.3) is 6.08 Å². The van der Waals surface area contributed by atoms with E-state index in [1.54, 1.807) is 39.1 Å². The number of allylic oxidation sites excluding steroid dienone is 15. The molecule has 0 aromatic carbocycles. The molecule has 1 aliphatic heterocycles. The molecule has 3 heteroatoms. The molecule has 6 unspecified atom stereocenters. The summed E-state index contributed by atoms with van der Waals surface area (Å²) in [6.45, 7) is 0. The van der Waals surface area contributed by atoms with E-state index in [0.29, 0.717) is 35.9 Å². The predicted octanol–water partition coefficient (Wildman–Crippen LogP) is 11.0. The quantitative estimate of drug-likeness (QED) is 0.305. The van der Waals surface area contributed by atoms with Crippen LogP contribution in [-0.2, 0) is 19.3 Å². The van der Waals surface area contributed by atoms with Gasteiger partial charge in [-0.3, -0.25) is 0 Å². The number of hydrogen-bond donors (Lipinski definition) is 1. The molecule has 0 spiro atoms. The van der Waals surface area contributed by atoms with Gasteiger partial charge in [0.05, 0.1) is 0 Å². The Labute approximate surface area is 305 Å². The minimum absolute atomic E-state index is 0.390. The summed E-state index contributed by atoms with van der Waals surface area (Å²) in [7, 11) is 0. The van der Waals surface area contributed by atoms with Crippen molar-refractivity contribution in [3.8, 4) is 0 Å². The first-order valence-electron chi connectivity index (χ1n) is 20.5. The second-order valence-electron chi connectivity index (χ2n) is 16.6. The Morgan fingerprint density at radius 3 is 2.63 bits per heavy atom. The molecule has 1 N–H and O–H groups in total. The van der Waals surface area contributed by atoms with Crippen molar-refractivity contribution in [2.75, 3.05) is 0 Å². The molecule has 0 saturated heterocycles. The van der Waals surface area contributed by atoms with Crippen molar-refractivity contribution >= 4 is 6.08 Å². The molecular weight excluding hydrogens is 621 g/mol. The third kappa shape index (κ3) is 5.89. The molecule has 0 radical (unpaired) electrons. The van der Waals surface area contributed by atoms with Crippen molar-refractivity contribution in [3.05, 3.63) is 147 Å². The SMILES string of the molecule is C1=CCC(NC2=C(C3C=CC=C(C4=CCC5C(C4)C4=C(CCC(C6CCc7oc8c(c7C6)CCC=C8)=C4)N5C4C=CCCC4)C3)CCC=C2)C=C1. The Balaban J connectivity index is 0.919. The van der Waals surface area contributed by atoms with E-state index in [2.05, 4.69) is 101 Å². The standard InChI is InChI=1S/C48H54N2O/c1-3-14-37(15-4-1)49-44-20-9-7-18-39(44)36-13-11-12-32(28-36)33-22-25-45-41(29-33)42-30-34(23-26-46(42)50(45)38-16-5-2-6-17-38)35-24-27-48-43(31-35)40-19-8-10-21-47(40)51-48/h1,3-5,9-14,16,20-22,30,35-38,41,45,49H,2,6-8,15,17-19,23-29,31H2. The maximum atomic E-state index is 6.38. The maximum Gasteiger partial charge on any atom is 0.130 e. The third-order valence-electron chi connectivity index (χ3n) is 13.7. The fraction of sp³-hybridized carbons (Fsp3) is 0.458. The molecule has 0 amide bonds. The number of fused-ring (bicyclic) bond motifs is 5. The van der Waals surface area contributed by atoms with Crippen LogP contribution in [0.1, 0.15) is 106 Å². The molecular formula is C48H54N2O. The van der Waals surface area contributed by atoms with Gasteiger partial charge in [-0.15, -0.1) is 0 Å². The lowest BCUT2D eigenvalue weighted by Gasteiger charge is -2.41. The average Bonchev–Trinajstić information content (AvgIpc) is 3.73. The lowest BCUT2D eigenvalue weighted by molar-refractivity contribution is 0.180. The summed E-state index contributed by atoms with van der Waals surface area (Å²) in [5, 5.41) is 3.90. The highest BCUT2D eigenvalue weighted by Crippen LogP contribution is 2.52. The van der Waals surface area contributed by atoms with Crippen molar-refractivity contribution in [2.24, 2.45) is 17.8 Å². The average molecular weight is 675 g/mol. The van der Waals surface area contributed by atoms with Gasteiger partial charge < -0.3 is 14.6 Å². The molecule has 0 fully saturated rings. The highest BCUT2D eigenvalue weighted by Gasteiger charge is 2.45. The lowest BCUT2D eigenvalue weighted by atomic mass is 9.73. The molecule has 0 bridgehead atoms. The molecule has 3 nitrogen and oxygen atoms in total. The number of hydrogen-bond acceptors (Lipinski definition) is 3. The molecule has 2 heterocycles. The van der Waals surface area contributed by atoms with Crippen LogP contribution in [0.2, 0.25) is 0 Å². The smallest absolute Gasteiger partial charge is 0.130 e. The zero-order valence-electron chi connectivity index (χ0n) is 30.3. The van der Waals surface area contributed by atoms with E-state index in [-0.39, 0.29) is 0 Å². The van der Waals surface area contributed by atoms with Gasteiger partial charge >= 0.3 is 0 Å². The van der Waals surface area contributed by atoms with Crippen molar-refractivity contribution in [1.29, 1.82) is 0 Å². The van der Waals surface area contributed by atoms with Gasteiger partial charge in [-0.2, -0.15) is 0 Å². The Morgan fingerprint density at radius 1 is 0.745 bits per heavy atom. The summed E-state index contributed by atoms with van der Waals surface area (Å²) in [4.78, 5) is 2.94. The second kappa shape index (κ2) is 13.5. The first-order chi connectivity index (χ1) is 25.3. The molecule has 1 aromatic rings. The lowest BCUT2D eigenvalue weighted by Crippen LogP contribution is -2.42. The summed E-state index contributed by atoms with van der Waals surface area (Å²) >= 11 is 0. The summed E-state index contributed by atoms with van der Waals surface area (Å²) in [5.41, 5.74) is 14.4. The van der Waals surface area contributed by atoms with Crippen LogP contribution in [0, 0.1) is 17.8 Å². The minimum Gasteiger partial charge on any atom is -0.461 e. The van der Waals surface area contributed by atoms with E-state index in [1.165, 1.54) is 74.8 Å². The van der Waals surface area contributed by atoms with Crippen LogP contribution in [-0.4, -0.2) is 23.0 Å². The molecule has 262 valence electrons. The van der Waals surface area contributed by atoms with Crippen molar-refractivity contribution in [2.45, 2.75) is 121 Å². The fourth-order valence-corrected chi connectivity index (χ4v) is 11.2. The number of furan rings is 1. The Kier molecular flexibility index (Phi) is 8.42. The Hall–Kier alpha value is -3.98. The zero-order chi connectivity index (χ0) is 33.7. The molecule has 0 saturated carbocycles. The van der Waals surface area contributed by atoms with Gasteiger partial charge in [0.2, 0.25) is 0 Å². The number of nitrogens with zero attached hydrogens (tertiary/aromatic N) is 1. The summed E-state index contributed by atoms with van der Waals surface area (Å²) in [6.07, 6.45) is 55.0. The molecule has 9 aliphatic rings. The van der Waals surface area contributed by atoms with Crippen LogP contribution < -0.4 is 5.32 Å². The largest absolute Gasteiger partial charge is 0.461 e. The van der Waals surface area contributed by atoms with Crippen LogP contribution in [0.4, 0.5) is 0 Å². The molecule has 6 atom stereocenters. The Bertz CT molecular complexity index is 1920. The molecule has 8 aliphatic carbocycles. The van der Waals surface area contributed by atoms with Gasteiger partial charge in [0, 0.05) is 53.3 Å². The summed E-state index contributed by atoms with van der Waals surface area (Å²) < 4.78 is 6.38. The second-order valence-corrected chi connectivity index (χ2v) is 16.6. The highest BCUT2D eigenvalue weighted by atomic mass is 16.3. The van der Waals surface area contributed by atoms with E-state index in [9.17, 15) is 0 Å².